The van der Waals surface area contributed by atoms with Crippen molar-refractivity contribution in [2.24, 2.45) is 0 Å². The Labute approximate surface area is 94.0 Å². The Hall–Kier alpha value is -1.84. The molecule has 0 atom stereocenters. The maximum absolute atomic E-state index is 11.3. The highest BCUT2D eigenvalue weighted by Crippen LogP contribution is 2.16. The third-order valence-electron chi connectivity index (χ3n) is 2.53. The van der Waals surface area contributed by atoms with Gasteiger partial charge in [-0.05, 0) is 19.4 Å². The zero-order valence-electron chi connectivity index (χ0n) is 9.53. The maximum atomic E-state index is 11.3. The standard InChI is InChI=1S/C12H15N3O/c1-3-5-15-6-4-13-11(15)10-7-9(2)12(16)14-8-10/h4,6-8H,3,5H2,1-2H3,(H,14,16). The number of pyridine rings is 1. The summed E-state index contributed by atoms with van der Waals surface area (Å²) in [7, 11) is 0. The van der Waals surface area contributed by atoms with E-state index in [1.165, 1.54) is 0 Å². The summed E-state index contributed by atoms with van der Waals surface area (Å²) >= 11 is 0. The molecule has 0 aliphatic rings. The third-order valence-corrected chi connectivity index (χ3v) is 2.53. The van der Waals surface area contributed by atoms with Crippen LogP contribution in [0.2, 0.25) is 0 Å². The van der Waals surface area contributed by atoms with E-state index < -0.39 is 0 Å². The molecule has 0 bridgehead atoms. The predicted octanol–water partition coefficient (Wildman–Crippen LogP) is 1.96. The second-order valence-electron chi connectivity index (χ2n) is 3.84. The van der Waals surface area contributed by atoms with E-state index >= 15 is 0 Å². The number of aromatic nitrogens is 3. The van der Waals surface area contributed by atoms with Crippen LogP contribution >= 0.6 is 0 Å². The summed E-state index contributed by atoms with van der Waals surface area (Å²) in [6.45, 7) is 4.87. The molecule has 2 heterocycles. The molecule has 0 saturated carbocycles. The van der Waals surface area contributed by atoms with Crippen molar-refractivity contribution in [2.45, 2.75) is 26.8 Å². The smallest absolute Gasteiger partial charge is 0.250 e. The quantitative estimate of drug-likeness (QED) is 0.854. The molecule has 4 heteroatoms. The Balaban J connectivity index is 2.46. The first-order chi connectivity index (χ1) is 7.72. The van der Waals surface area contributed by atoms with Gasteiger partial charge in [-0.1, -0.05) is 6.92 Å². The molecule has 0 fully saturated rings. The Bertz CT molecular complexity index is 539. The summed E-state index contributed by atoms with van der Waals surface area (Å²) in [6.07, 6.45) is 6.51. The van der Waals surface area contributed by atoms with Crippen molar-refractivity contribution in [1.29, 1.82) is 0 Å². The lowest BCUT2D eigenvalue weighted by Crippen LogP contribution is -2.09. The lowest BCUT2D eigenvalue weighted by molar-refractivity contribution is 0.685. The van der Waals surface area contributed by atoms with Crippen LogP contribution in [0.4, 0.5) is 0 Å². The zero-order chi connectivity index (χ0) is 11.5. The van der Waals surface area contributed by atoms with E-state index in [0.717, 1.165) is 24.4 Å². The molecule has 0 aromatic carbocycles. The average Bonchev–Trinajstić information content (AvgIpc) is 2.71. The third kappa shape index (κ3) is 1.91. The van der Waals surface area contributed by atoms with E-state index in [1.807, 2.05) is 12.3 Å². The Morgan fingerprint density at radius 2 is 2.31 bits per heavy atom. The number of nitrogens with zero attached hydrogens (tertiary/aromatic N) is 2. The molecule has 0 saturated heterocycles. The molecule has 84 valence electrons. The number of imidazole rings is 1. The molecule has 4 nitrogen and oxygen atoms in total. The number of hydrogen-bond acceptors (Lipinski definition) is 2. The molecule has 0 aliphatic carbocycles. The molecule has 2 aromatic heterocycles. The lowest BCUT2D eigenvalue weighted by Gasteiger charge is -2.06. The van der Waals surface area contributed by atoms with Gasteiger partial charge in [0.25, 0.3) is 5.56 Å². The molecule has 0 amide bonds. The van der Waals surface area contributed by atoms with E-state index in [0.29, 0.717) is 5.56 Å². The van der Waals surface area contributed by atoms with Crippen LogP contribution in [-0.4, -0.2) is 14.5 Å². The molecule has 2 aromatic rings. The van der Waals surface area contributed by atoms with E-state index in [4.69, 9.17) is 0 Å². The summed E-state index contributed by atoms with van der Waals surface area (Å²) in [5, 5.41) is 0. The molecule has 0 spiro atoms. The summed E-state index contributed by atoms with van der Waals surface area (Å²) < 4.78 is 2.09. The minimum absolute atomic E-state index is 0.0441. The highest BCUT2D eigenvalue weighted by atomic mass is 16.1. The van der Waals surface area contributed by atoms with Crippen LogP contribution in [0.15, 0.2) is 29.5 Å². The topological polar surface area (TPSA) is 50.7 Å². The Kier molecular flexibility index (Phi) is 2.90. The van der Waals surface area contributed by atoms with Crippen LogP contribution < -0.4 is 5.56 Å². The van der Waals surface area contributed by atoms with Gasteiger partial charge in [-0.3, -0.25) is 4.79 Å². The number of hydrogen-bond donors (Lipinski definition) is 1. The predicted molar refractivity (Wildman–Crippen MR) is 63.3 cm³/mol. The summed E-state index contributed by atoms with van der Waals surface area (Å²) in [5.74, 6) is 0.904. The first-order valence-corrected chi connectivity index (χ1v) is 5.43. The van der Waals surface area contributed by atoms with Gasteiger partial charge in [-0.15, -0.1) is 0 Å². The molecule has 16 heavy (non-hydrogen) atoms. The molecular formula is C12H15N3O. The van der Waals surface area contributed by atoms with Crippen molar-refractivity contribution in [3.63, 3.8) is 0 Å². The number of H-pyrrole nitrogens is 1. The minimum Gasteiger partial charge on any atom is -0.331 e. The largest absolute Gasteiger partial charge is 0.331 e. The second kappa shape index (κ2) is 4.35. The molecule has 0 unspecified atom stereocenters. The van der Waals surface area contributed by atoms with Crippen molar-refractivity contribution in [3.05, 3.63) is 40.6 Å². The summed E-state index contributed by atoms with van der Waals surface area (Å²) in [4.78, 5) is 18.3. The van der Waals surface area contributed by atoms with Crippen molar-refractivity contribution in [2.75, 3.05) is 0 Å². The minimum atomic E-state index is -0.0441. The van der Waals surface area contributed by atoms with Crippen molar-refractivity contribution in [1.82, 2.24) is 14.5 Å². The average molecular weight is 217 g/mol. The van der Waals surface area contributed by atoms with Gasteiger partial charge in [-0.25, -0.2) is 4.98 Å². The fourth-order valence-corrected chi connectivity index (χ4v) is 1.72. The van der Waals surface area contributed by atoms with Crippen LogP contribution in [0.5, 0.6) is 0 Å². The van der Waals surface area contributed by atoms with Gasteiger partial charge in [-0.2, -0.15) is 0 Å². The zero-order valence-corrected chi connectivity index (χ0v) is 9.53. The number of aromatic amines is 1. The fraction of sp³-hybridized carbons (Fsp3) is 0.333. The van der Waals surface area contributed by atoms with E-state index in [1.54, 1.807) is 19.3 Å². The van der Waals surface area contributed by atoms with Crippen molar-refractivity contribution < 1.29 is 0 Å². The summed E-state index contributed by atoms with van der Waals surface area (Å²) in [6, 6.07) is 1.87. The van der Waals surface area contributed by atoms with Crippen LogP contribution in [0, 0.1) is 6.92 Å². The van der Waals surface area contributed by atoms with E-state index in [9.17, 15) is 4.79 Å². The Morgan fingerprint density at radius 1 is 1.50 bits per heavy atom. The van der Waals surface area contributed by atoms with Crippen LogP contribution in [0.3, 0.4) is 0 Å². The second-order valence-corrected chi connectivity index (χ2v) is 3.84. The Morgan fingerprint density at radius 3 is 3.00 bits per heavy atom. The number of nitrogens with one attached hydrogen (secondary N) is 1. The van der Waals surface area contributed by atoms with Gasteiger partial charge in [0, 0.05) is 36.3 Å². The normalized spacial score (nSPS) is 10.6. The SMILES string of the molecule is CCCn1ccnc1-c1c[nH]c(=O)c(C)c1. The van der Waals surface area contributed by atoms with E-state index in [-0.39, 0.29) is 5.56 Å². The molecular weight excluding hydrogens is 202 g/mol. The highest BCUT2D eigenvalue weighted by Gasteiger charge is 2.06. The maximum Gasteiger partial charge on any atom is 0.250 e. The number of aryl methyl sites for hydroxylation is 2. The van der Waals surface area contributed by atoms with Gasteiger partial charge in [0.05, 0.1) is 0 Å². The van der Waals surface area contributed by atoms with Gasteiger partial charge in [0.2, 0.25) is 0 Å². The van der Waals surface area contributed by atoms with Gasteiger partial charge < -0.3 is 9.55 Å². The monoisotopic (exact) mass is 217 g/mol. The van der Waals surface area contributed by atoms with Gasteiger partial charge >= 0.3 is 0 Å². The highest BCUT2D eigenvalue weighted by molar-refractivity contribution is 5.54. The fourth-order valence-electron chi connectivity index (χ4n) is 1.72. The molecule has 1 N–H and O–H groups in total. The molecule has 2 rings (SSSR count). The first-order valence-electron chi connectivity index (χ1n) is 5.43. The van der Waals surface area contributed by atoms with Crippen molar-refractivity contribution >= 4 is 0 Å². The lowest BCUT2D eigenvalue weighted by atomic mass is 10.2. The van der Waals surface area contributed by atoms with Gasteiger partial charge in [0.1, 0.15) is 5.82 Å². The molecule has 0 aliphatic heterocycles. The number of rotatable bonds is 3. The van der Waals surface area contributed by atoms with E-state index in [2.05, 4.69) is 21.5 Å². The van der Waals surface area contributed by atoms with Crippen LogP contribution in [-0.2, 0) is 6.54 Å². The first kappa shape index (κ1) is 10.7. The van der Waals surface area contributed by atoms with Crippen LogP contribution in [0.25, 0.3) is 11.4 Å². The summed E-state index contributed by atoms with van der Waals surface area (Å²) in [5.41, 5.74) is 1.62. The molecule has 0 radical (unpaired) electrons. The van der Waals surface area contributed by atoms with Gasteiger partial charge in [0.15, 0.2) is 0 Å². The van der Waals surface area contributed by atoms with Crippen molar-refractivity contribution in [3.8, 4) is 11.4 Å². The van der Waals surface area contributed by atoms with Crippen LogP contribution in [0.1, 0.15) is 18.9 Å².